The van der Waals surface area contributed by atoms with E-state index in [1.807, 2.05) is 0 Å². The first-order valence-electron chi connectivity index (χ1n) is 5.90. The molecule has 0 aromatic heterocycles. The van der Waals surface area contributed by atoms with Crippen LogP contribution in [0.5, 0.6) is 0 Å². The molecule has 102 valence electrons. The van der Waals surface area contributed by atoms with Crippen LogP contribution < -0.4 is 5.32 Å². The summed E-state index contributed by atoms with van der Waals surface area (Å²) in [5.74, 6) is -0.659. The van der Waals surface area contributed by atoms with Crippen LogP contribution in [0.3, 0.4) is 0 Å². The fourth-order valence-electron chi connectivity index (χ4n) is 1.76. The van der Waals surface area contributed by atoms with Gasteiger partial charge < -0.3 is 5.32 Å². The number of nitro groups is 1. The van der Waals surface area contributed by atoms with E-state index in [0.717, 1.165) is 18.6 Å². The van der Waals surface area contributed by atoms with Crippen molar-refractivity contribution in [2.45, 2.75) is 19.3 Å². The van der Waals surface area contributed by atoms with Gasteiger partial charge in [0.15, 0.2) is 0 Å². The van der Waals surface area contributed by atoms with Gasteiger partial charge in [0.05, 0.1) is 9.40 Å². The summed E-state index contributed by atoms with van der Waals surface area (Å²) in [4.78, 5) is 22.0. The Labute approximate surface area is 117 Å². The summed E-state index contributed by atoms with van der Waals surface area (Å²) in [6, 6.07) is 1.89. The summed E-state index contributed by atoms with van der Waals surface area (Å²) in [6.45, 7) is 0.457. The second-order valence-electron chi connectivity index (χ2n) is 4.53. The first-order valence-corrected chi connectivity index (χ1v) is 6.70. The number of benzene rings is 1. The van der Waals surface area contributed by atoms with Gasteiger partial charge >= 0.3 is 0 Å². The fraction of sp³-hybridized carbons (Fsp3) is 0.417. The van der Waals surface area contributed by atoms with Crippen molar-refractivity contribution in [3.05, 3.63) is 38.1 Å². The molecule has 7 heteroatoms. The van der Waals surface area contributed by atoms with Gasteiger partial charge in [0.2, 0.25) is 0 Å². The van der Waals surface area contributed by atoms with Gasteiger partial charge in [-0.05, 0) is 34.3 Å². The van der Waals surface area contributed by atoms with Gasteiger partial charge in [0.1, 0.15) is 11.4 Å². The molecular weight excluding hydrogens is 319 g/mol. The van der Waals surface area contributed by atoms with Crippen molar-refractivity contribution in [2.24, 2.45) is 5.92 Å². The average Bonchev–Trinajstić information content (AvgIpc) is 3.15. The lowest BCUT2D eigenvalue weighted by atomic mass is 10.1. The molecule has 0 unspecified atom stereocenters. The SMILES string of the molecule is O=C(NCCC1CC1)c1cc(F)c(Br)cc1[N+](=O)[O-]. The number of nitro benzene ring substituents is 1. The van der Waals surface area contributed by atoms with Crippen LogP contribution in [0.1, 0.15) is 29.6 Å². The van der Waals surface area contributed by atoms with Crippen molar-refractivity contribution >= 4 is 27.5 Å². The third-order valence-corrected chi connectivity index (χ3v) is 3.62. The van der Waals surface area contributed by atoms with Crippen LogP contribution in [0.15, 0.2) is 16.6 Å². The minimum absolute atomic E-state index is 0.0336. The highest BCUT2D eigenvalue weighted by molar-refractivity contribution is 9.10. The molecule has 0 atom stereocenters. The molecule has 2 rings (SSSR count). The zero-order valence-corrected chi connectivity index (χ0v) is 11.6. The molecule has 0 saturated heterocycles. The number of rotatable bonds is 5. The number of hydrogen-bond donors (Lipinski definition) is 1. The molecule has 0 spiro atoms. The van der Waals surface area contributed by atoms with Gasteiger partial charge in [-0.1, -0.05) is 12.8 Å². The van der Waals surface area contributed by atoms with Crippen molar-refractivity contribution < 1.29 is 14.1 Å². The standard InChI is InChI=1S/C12H12BrFN2O3/c13-9-6-11(16(18)19)8(5-10(9)14)12(17)15-4-3-7-1-2-7/h5-7H,1-4H2,(H,15,17). The first-order chi connectivity index (χ1) is 8.99. The molecule has 19 heavy (non-hydrogen) atoms. The minimum Gasteiger partial charge on any atom is -0.352 e. The van der Waals surface area contributed by atoms with Gasteiger partial charge in [0, 0.05) is 12.6 Å². The maximum absolute atomic E-state index is 13.4. The largest absolute Gasteiger partial charge is 0.352 e. The minimum atomic E-state index is -0.696. The van der Waals surface area contributed by atoms with Gasteiger partial charge in [-0.15, -0.1) is 0 Å². The van der Waals surface area contributed by atoms with E-state index in [1.54, 1.807) is 0 Å². The fourth-order valence-corrected chi connectivity index (χ4v) is 2.09. The molecule has 1 aromatic carbocycles. The molecule has 1 fully saturated rings. The molecule has 0 radical (unpaired) electrons. The molecule has 5 nitrogen and oxygen atoms in total. The number of carbonyl (C=O) groups is 1. The number of nitrogens with one attached hydrogen (secondary N) is 1. The van der Waals surface area contributed by atoms with E-state index < -0.39 is 22.3 Å². The predicted octanol–water partition coefficient (Wildman–Crippen LogP) is 3.03. The molecule has 0 aliphatic heterocycles. The number of nitrogens with zero attached hydrogens (tertiary/aromatic N) is 1. The Morgan fingerprint density at radius 3 is 2.79 bits per heavy atom. The van der Waals surface area contributed by atoms with Crippen LogP contribution in [0.4, 0.5) is 10.1 Å². The quantitative estimate of drug-likeness (QED) is 0.666. The highest BCUT2D eigenvalue weighted by Crippen LogP contribution is 2.32. The second kappa shape index (κ2) is 5.64. The van der Waals surface area contributed by atoms with Gasteiger partial charge in [-0.25, -0.2) is 4.39 Å². The third kappa shape index (κ3) is 3.50. The third-order valence-electron chi connectivity index (χ3n) is 3.02. The Morgan fingerprint density at radius 1 is 1.53 bits per heavy atom. The maximum Gasteiger partial charge on any atom is 0.283 e. The zero-order valence-electron chi connectivity index (χ0n) is 9.99. The summed E-state index contributed by atoms with van der Waals surface area (Å²) in [6.07, 6.45) is 3.20. The van der Waals surface area contributed by atoms with Crippen LogP contribution >= 0.6 is 15.9 Å². The van der Waals surface area contributed by atoms with Crippen LogP contribution in [0.2, 0.25) is 0 Å². The van der Waals surface area contributed by atoms with Crippen molar-refractivity contribution in [1.82, 2.24) is 5.32 Å². The normalized spacial score (nSPS) is 14.2. The highest BCUT2D eigenvalue weighted by Gasteiger charge is 2.24. The summed E-state index contributed by atoms with van der Waals surface area (Å²) in [5, 5.41) is 13.5. The number of hydrogen-bond acceptors (Lipinski definition) is 3. The van der Waals surface area contributed by atoms with Crippen LogP contribution in [0, 0.1) is 21.8 Å². The first kappa shape index (κ1) is 13.9. The summed E-state index contributed by atoms with van der Waals surface area (Å²) in [7, 11) is 0. The van der Waals surface area contributed by atoms with E-state index in [1.165, 1.54) is 12.8 Å². The van der Waals surface area contributed by atoms with Gasteiger partial charge in [0.25, 0.3) is 11.6 Å². The lowest BCUT2D eigenvalue weighted by Gasteiger charge is -2.06. The highest BCUT2D eigenvalue weighted by atomic mass is 79.9. The smallest absolute Gasteiger partial charge is 0.283 e. The van der Waals surface area contributed by atoms with Gasteiger partial charge in [-0.3, -0.25) is 14.9 Å². The lowest BCUT2D eigenvalue weighted by Crippen LogP contribution is -2.25. The lowest BCUT2D eigenvalue weighted by molar-refractivity contribution is -0.385. The van der Waals surface area contributed by atoms with E-state index in [-0.39, 0.29) is 10.0 Å². The van der Waals surface area contributed by atoms with E-state index in [4.69, 9.17) is 0 Å². The van der Waals surface area contributed by atoms with E-state index in [0.29, 0.717) is 12.5 Å². The molecule has 1 saturated carbocycles. The Bertz CT molecular complexity index is 532. The van der Waals surface area contributed by atoms with Crippen LogP contribution in [-0.4, -0.2) is 17.4 Å². The Morgan fingerprint density at radius 2 is 2.21 bits per heavy atom. The topological polar surface area (TPSA) is 72.2 Å². The molecule has 1 amide bonds. The average molecular weight is 331 g/mol. The number of amides is 1. The Kier molecular flexibility index (Phi) is 4.14. The number of halogens is 2. The monoisotopic (exact) mass is 330 g/mol. The molecule has 0 bridgehead atoms. The van der Waals surface area contributed by atoms with Crippen molar-refractivity contribution in [1.29, 1.82) is 0 Å². The van der Waals surface area contributed by atoms with Gasteiger partial charge in [-0.2, -0.15) is 0 Å². The van der Waals surface area contributed by atoms with E-state index in [2.05, 4.69) is 21.2 Å². The molecule has 1 aromatic rings. The van der Waals surface area contributed by atoms with E-state index >= 15 is 0 Å². The molecule has 1 aliphatic carbocycles. The zero-order chi connectivity index (χ0) is 14.0. The van der Waals surface area contributed by atoms with Crippen molar-refractivity contribution in [3.63, 3.8) is 0 Å². The van der Waals surface area contributed by atoms with Crippen molar-refractivity contribution in [3.8, 4) is 0 Å². The van der Waals surface area contributed by atoms with Crippen LogP contribution in [-0.2, 0) is 0 Å². The molecule has 0 heterocycles. The van der Waals surface area contributed by atoms with Crippen LogP contribution in [0.25, 0.3) is 0 Å². The molecule has 1 N–H and O–H groups in total. The summed E-state index contributed by atoms with van der Waals surface area (Å²) >= 11 is 2.87. The predicted molar refractivity (Wildman–Crippen MR) is 70.4 cm³/mol. The summed E-state index contributed by atoms with van der Waals surface area (Å²) in [5.41, 5.74) is -0.654. The molecule has 1 aliphatic rings. The maximum atomic E-state index is 13.4. The summed E-state index contributed by atoms with van der Waals surface area (Å²) < 4.78 is 13.4. The van der Waals surface area contributed by atoms with E-state index in [9.17, 15) is 19.3 Å². The number of carbonyl (C=O) groups excluding carboxylic acids is 1. The second-order valence-corrected chi connectivity index (χ2v) is 5.38. The van der Waals surface area contributed by atoms with Crippen molar-refractivity contribution in [2.75, 3.05) is 6.54 Å². The Hall–Kier alpha value is -1.50. The molecular formula is C12H12BrFN2O3. The Balaban J connectivity index is 2.13.